The number of carbonyl (C=O) groups is 2. The van der Waals surface area contributed by atoms with Gasteiger partial charge in [0.05, 0.1) is 5.69 Å². The van der Waals surface area contributed by atoms with Gasteiger partial charge in [-0.2, -0.15) is 0 Å². The molecule has 0 saturated heterocycles. The number of rotatable bonds is 3. The predicted molar refractivity (Wildman–Crippen MR) is 98.1 cm³/mol. The largest absolute Gasteiger partial charge is 0.477 e. The number of anilines is 1. The number of hydrogen-bond donors (Lipinski definition) is 2. The molecular weight excluding hydrogens is 391 g/mol. The Morgan fingerprint density at radius 1 is 1.11 bits per heavy atom. The molecule has 28 heavy (non-hydrogen) atoms. The summed E-state index contributed by atoms with van der Waals surface area (Å²) >= 11 is 0.864. The highest BCUT2D eigenvalue weighted by Crippen LogP contribution is 2.49. The maximum absolute atomic E-state index is 14.4. The number of thiophene rings is 1. The van der Waals surface area contributed by atoms with Gasteiger partial charge in [0.25, 0.3) is 0 Å². The lowest BCUT2D eigenvalue weighted by Crippen LogP contribution is -2.23. The maximum Gasteiger partial charge on any atom is 0.346 e. The van der Waals surface area contributed by atoms with Gasteiger partial charge in [-0.15, -0.1) is 11.3 Å². The van der Waals surface area contributed by atoms with Crippen molar-refractivity contribution in [1.82, 2.24) is 0 Å². The van der Waals surface area contributed by atoms with E-state index in [0.29, 0.717) is 4.88 Å². The van der Waals surface area contributed by atoms with Crippen molar-refractivity contribution in [3.05, 3.63) is 75.2 Å². The highest BCUT2D eigenvalue weighted by molar-refractivity contribution is 7.15. The second-order valence-electron chi connectivity index (χ2n) is 6.33. The number of halogens is 3. The molecule has 0 aliphatic carbocycles. The van der Waals surface area contributed by atoms with Crippen LogP contribution in [0.4, 0.5) is 18.9 Å². The minimum absolute atomic E-state index is 0.0277. The molecule has 8 heteroatoms. The van der Waals surface area contributed by atoms with Crippen molar-refractivity contribution in [2.45, 2.75) is 12.3 Å². The van der Waals surface area contributed by atoms with Crippen LogP contribution in [0.15, 0.2) is 42.5 Å². The number of hydrogen-bond acceptors (Lipinski definition) is 3. The minimum atomic E-state index is -1.26. The summed E-state index contributed by atoms with van der Waals surface area (Å²) in [6, 6.07) is 8.27. The Morgan fingerprint density at radius 2 is 1.86 bits per heavy atom. The zero-order chi connectivity index (χ0) is 20.0. The fourth-order valence-corrected chi connectivity index (χ4v) is 4.63. The lowest BCUT2D eigenvalue weighted by atomic mass is 9.88. The highest BCUT2D eigenvalue weighted by atomic mass is 32.1. The van der Waals surface area contributed by atoms with E-state index in [1.54, 1.807) is 0 Å². The van der Waals surface area contributed by atoms with Crippen molar-refractivity contribution in [1.29, 1.82) is 0 Å². The first-order chi connectivity index (χ1) is 13.3. The Balaban J connectivity index is 1.98. The molecule has 0 bridgehead atoms. The molecule has 1 aliphatic rings. The van der Waals surface area contributed by atoms with E-state index in [1.165, 1.54) is 18.2 Å². The Labute approximate surface area is 161 Å². The van der Waals surface area contributed by atoms with Gasteiger partial charge in [0, 0.05) is 22.8 Å². The summed E-state index contributed by atoms with van der Waals surface area (Å²) in [7, 11) is 0. The van der Waals surface area contributed by atoms with E-state index in [-0.39, 0.29) is 33.7 Å². The quantitative estimate of drug-likeness (QED) is 0.647. The number of benzene rings is 2. The van der Waals surface area contributed by atoms with Crippen molar-refractivity contribution in [2.24, 2.45) is 0 Å². The van der Waals surface area contributed by atoms with Crippen LogP contribution < -0.4 is 5.32 Å². The molecule has 2 aromatic carbocycles. The van der Waals surface area contributed by atoms with Crippen molar-refractivity contribution in [2.75, 3.05) is 5.32 Å². The Hall–Kier alpha value is -3.13. The summed E-state index contributed by atoms with van der Waals surface area (Å²) < 4.78 is 41.8. The normalized spacial score (nSPS) is 15.8. The third-order valence-corrected chi connectivity index (χ3v) is 5.84. The lowest BCUT2D eigenvalue weighted by Gasteiger charge is -2.24. The molecule has 4 nitrogen and oxygen atoms in total. The second kappa shape index (κ2) is 6.79. The first-order valence-corrected chi connectivity index (χ1v) is 9.07. The molecule has 1 atom stereocenters. The summed E-state index contributed by atoms with van der Waals surface area (Å²) in [4.78, 5) is 24.4. The van der Waals surface area contributed by atoms with Crippen LogP contribution in [0.2, 0.25) is 0 Å². The second-order valence-corrected chi connectivity index (χ2v) is 7.38. The van der Waals surface area contributed by atoms with Gasteiger partial charge in [-0.3, -0.25) is 4.79 Å². The summed E-state index contributed by atoms with van der Waals surface area (Å²) in [6.45, 7) is 0. The van der Waals surface area contributed by atoms with Crippen LogP contribution in [-0.4, -0.2) is 17.0 Å². The van der Waals surface area contributed by atoms with Gasteiger partial charge in [-0.25, -0.2) is 18.0 Å². The Morgan fingerprint density at radius 3 is 2.57 bits per heavy atom. The van der Waals surface area contributed by atoms with E-state index < -0.39 is 35.2 Å². The standard InChI is InChI=1S/C20H12F3NO3S/c21-10-3-1-2-9(6-10)16-17-18(28-19(16)20(26)27)13(8-15(25)24-17)12-7-11(22)4-5-14(12)23/h1-7,13H,8H2,(H,24,25)(H,26,27). The summed E-state index contributed by atoms with van der Waals surface area (Å²) in [6.07, 6.45) is -0.157. The molecule has 1 aromatic heterocycles. The van der Waals surface area contributed by atoms with Crippen LogP contribution in [0.25, 0.3) is 11.1 Å². The molecule has 1 amide bonds. The highest BCUT2D eigenvalue weighted by Gasteiger charge is 2.35. The van der Waals surface area contributed by atoms with E-state index in [2.05, 4.69) is 5.32 Å². The van der Waals surface area contributed by atoms with Crippen molar-refractivity contribution >= 4 is 28.9 Å². The molecule has 2 N–H and O–H groups in total. The van der Waals surface area contributed by atoms with E-state index >= 15 is 0 Å². The zero-order valence-corrected chi connectivity index (χ0v) is 14.9. The van der Waals surface area contributed by atoms with Crippen molar-refractivity contribution in [3.8, 4) is 11.1 Å². The molecule has 0 radical (unpaired) electrons. The number of amides is 1. The van der Waals surface area contributed by atoms with Crippen molar-refractivity contribution in [3.63, 3.8) is 0 Å². The van der Waals surface area contributed by atoms with E-state index in [1.807, 2.05) is 0 Å². The Kier molecular flexibility index (Phi) is 4.43. The summed E-state index contributed by atoms with van der Waals surface area (Å²) in [5.74, 6) is -4.48. The van der Waals surface area contributed by atoms with Gasteiger partial charge in [0.15, 0.2) is 0 Å². The average molecular weight is 403 g/mol. The molecule has 0 spiro atoms. The van der Waals surface area contributed by atoms with Gasteiger partial charge in [0.1, 0.15) is 22.3 Å². The fourth-order valence-electron chi connectivity index (χ4n) is 3.39. The van der Waals surface area contributed by atoms with Gasteiger partial charge >= 0.3 is 5.97 Å². The summed E-state index contributed by atoms with van der Waals surface area (Å²) in [5.41, 5.74) is 0.593. The molecule has 0 saturated carbocycles. The average Bonchev–Trinajstić information content (AvgIpc) is 3.02. The fraction of sp³-hybridized carbons (Fsp3) is 0.100. The first-order valence-electron chi connectivity index (χ1n) is 8.26. The van der Waals surface area contributed by atoms with Crippen LogP contribution in [-0.2, 0) is 4.79 Å². The number of carbonyl (C=O) groups excluding carboxylic acids is 1. The number of aromatic carboxylic acids is 1. The SMILES string of the molecule is O=C1CC(c2cc(F)ccc2F)c2sc(C(=O)O)c(-c3cccc(F)c3)c2N1. The third kappa shape index (κ3) is 3.05. The molecular formula is C20H12F3NO3S. The topological polar surface area (TPSA) is 66.4 Å². The molecule has 3 aromatic rings. The molecule has 0 fully saturated rings. The van der Waals surface area contributed by atoms with Crippen LogP contribution >= 0.6 is 11.3 Å². The van der Waals surface area contributed by atoms with Gasteiger partial charge in [-0.05, 0) is 41.5 Å². The van der Waals surface area contributed by atoms with Crippen LogP contribution in [0.3, 0.4) is 0 Å². The van der Waals surface area contributed by atoms with Crippen molar-refractivity contribution < 1.29 is 27.9 Å². The van der Waals surface area contributed by atoms with Gasteiger partial charge < -0.3 is 10.4 Å². The molecule has 142 valence electrons. The molecule has 4 rings (SSSR count). The molecule has 1 unspecified atom stereocenters. The third-order valence-electron chi connectivity index (χ3n) is 4.55. The first kappa shape index (κ1) is 18.2. The maximum atomic E-state index is 14.4. The number of carboxylic acid groups (broad SMARTS) is 1. The van der Waals surface area contributed by atoms with Crippen LogP contribution in [0, 0.1) is 17.5 Å². The zero-order valence-electron chi connectivity index (χ0n) is 14.1. The minimum Gasteiger partial charge on any atom is -0.477 e. The lowest BCUT2D eigenvalue weighted by molar-refractivity contribution is -0.116. The van der Waals surface area contributed by atoms with Crippen LogP contribution in [0.1, 0.15) is 32.5 Å². The van der Waals surface area contributed by atoms with E-state index in [9.17, 15) is 27.9 Å². The van der Waals surface area contributed by atoms with Gasteiger partial charge in [-0.1, -0.05) is 12.1 Å². The molecule has 1 aliphatic heterocycles. The predicted octanol–water partition coefficient (Wildman–Crippen LogP) is 5.00. The summed E-state index contributed by atoms with van der Waals surface area (Å²) in [5, 5.41) is 12.3. The smallest absolute Gasteiger partial charge is 0.346 e. The van der Waals surface area contributed by atoms with E-state index in [4.69, 9.17) is 0 Å². The monoisotopic (exact) mass is 403 g/mol. The number of carboxylic acids is 1. The number of fused-ring (bicyclic) bond motifs is 1. The van der Waals surface area contributed by atoms with Gasteiger partial charge in [0.2, 0.25) is 5.91 Å². The molecule has 2 heterocycles. The number of nitrogens with one attached hydrogen (secondary N) is 1. The van der Waals surface area contributed by atoms with E-state index in [0.717, 1.165) is 35.6 Å². The van der Waals surface area contributed by atoms with Crippen LogP contribution in [0.5, 0.6) is 0 Å². The Bertz CT molecular complexity index is 1130.